The zero-order valence-corrected chi connectivity index (χ0v) is 16.9. The Balaban J connectivity index is 0.00000261. The van der Waals surface area contributed by atoms with Crippen LogP contribution in [0, 0.1) is 0 Å². The van der Waals surface area contributed by atoms with Gasteiger partial charge in [0, 0.05) is 12.0 Å². The van der Waals surface area contributed by atoms with Crippen molar-refractivity contribution in [2.24, 2.45) is 5.73 Å². The molecule has 0 heterocycles. The van der Waals surface area contributed by atoms with Gasteiger partial charge in [0.05, 0.1) is 7.11 Å². The van der Waals surface area contributed by atoms with Crippen molar-refractivity contribution in [2.45, 2.75) is 43.6 Å². The molecular formula is C22H29ClN2O2. The zero-order chi connectivity index (χ0) is 18.6. The standard InChI is InChI=1S/C22H28N2O2.ClH/c1-21(23,17-9-4-3-5-10-17)20(25)24-16-22(13-6-7-14-22)18-11-8-12-19(15-18)26-2;/h3-5,8-12,15H,6-7,13-14,16,23H2,1-2H3,(H,24,25);1H. The van der Waals surface area contributed by atoms with Gasteiger partial charge in [0.1, 0.15) is 11.3 Å². The summed E-state index contributed by atoms with van der Waals surface area (Å²) >= 11 is 0. The first-order chi connectivity index (χ1) is 12.5. The van der Waals surface area contributed by atoms with Gasteiger partial charge < -0.3 is 15.8 Å². The van der Waals surface area contributed by atoms with Crippen LogP contribution in [0.25, 0.3) is 0 Å². The highest BCUT2D eigenvalue weighted by Crippen LogP contribution is 2.41. The molecule has 1 atom stereocenters. The normalized spacial score (nSPS) is 17.4. The molecule has 146 valence electrons. The van der Waals surface area contributed by atoms with Gasteiger partial charge >= 0.3 is 0 Å². The molecule has 1 aliphatic carbocycles. The van der Waals surface area contributed by atoms with Crippen LogP contribution in [0.4, 0.5) is 0 Å². The molecule has 0 bridgehead atoms. The highest BCUT2D eigenvalue weighted by molar-refractivity contribution is 5.87. The van der Waals surface area contributed by atoms with Crippen molar-refractivity contribution >= 4 is 18.3 Å². The number of carbonyl (C=O) groups is 1. The summed E-state index contributed by atoms with van der Waals surface area (Å²) in [6.45, 7) is 2.36. The molecule has 3 rings (SSSR count). The number of amides is 1. The number of nitrogens with one attached hydrogen (secondary N) is 1. The fourth-order valence-corrected chi connectivity index (χ4v) is 3.92. The quantitative estimate of drug-likeness (QED) is 0.788. The molecule has 1 fully saturated rings. The molecule has 4 nitrogen and oxygen atoms in total. The largest absolute Gasteiger partial charge is 0.497 e. The van der Waals surface area contributed by atoms with Crippen LogP contribution in [0.3, 0.4) is 0 Å². The molecule has 1 amide bonds. The highest BCUT2D eigenvalue weighted by Gasteiger charge is 2.38. The van der Waals surface area contributed by atoms with Crippen molar-refractivity contribution in [3.63, 3.8) is 0 Å². The summed E-state index contributed by atoms with van der Waals surface area (Å²) in [6.07, 6.45) is 4.47. The van der Waals surface area contributed by atoms with Crippen molar-refractivity contribution in [1.82, 2.24) is 5.32 Å². The van der Waals surface area contributed by atoms with Crippen LogP contribution in [0.2, 0.25) is 0 Å². The van der Waals surface area contributed by atoms with Crippen LogP contribution >= 0.6 is 12.4 Å². The van der Waals surface area contributed by atoms with E-state index in [1.54, 1.807) is 14.0 Å². The lowest BCUT2D eigenvalue weighted by Crippen LogP contribution is -2.52. The Hall–Kier alpha value is -2.04. The van der Waals surface area contributed by atoms with Crippen LogP contribution in [0.5, 0.6) is 5.75 Å². The molecule has 1 saturated carbocycles. The van der Waals surface area contributed by atoms with Gasteiger partial charge in [0.25, 0.3) is 0 Å². The number of nitrogens with two attached hydrogens (primary N) is 1. The Bertz CT molecular complexity index is 756. The third-order valence-electron chi connectivity index (χ3n) is 5.68. The maximum absolute atomic E-state index is 12.9. The highest BCUT2D eigenvalue weighted by atomic mass is 35.5. The minimum Gasteiger partial charge on any atom is -0.497 e. The molecule has 27 heavy (non-hydrogen) atoms. The fraction of sp³-hybridized carbons (Fsp3) is 0.409. The molecular weight excluding hydrogens is 360 g/mol. The Morgan fingerprint density at radius 2 is 1.81 bits per heavy atom. The maximum atomic E-state index is 12.9. The van der Waals surface area contributed by atoms with E-state index in [2.05, 4.69) is 17.4 Å². The second-order valence-electron chi connectivity index (χ2n) is 7.47. The van der Waals surface area contributed by atoms with Crippen LogP contribution in [-0.4, -0.2) is 19.6 Å². The molecule has 1 aliphatic rings. The van der Waals surface area contributed by atoms with Crippen molar-refractivity contribution in [3.05, 3.63) is 65.7 Å². The van der Waals surface area contributed by atoms with Crippen LogP contribution < -0.4 is 15.8 Å². The number of hydrogen-bond donors (Lipinski definition) is 2. The first-order valence-electron chi connectivity index (χ1n) is 9.25. The van der Waals surface area contributed by atoms with Gasteiger partial charge in [-0.3, -0.25) is 4.79 Å². The monoisotopic (exact) mass is 388 g/mol. The van der Waals surface area contributed by atoms with Gasteiger partial charge in [-0.25, -0.2) is 0 Å². The average Bonchev–Trinajstić information content (AvgIpc) is 3.17. The number of ether oxygens (including phenoxy) is 1. The first-order valence-corrected chi connectivity index (χ1v) is 9.25. The van der Waals surface area contributed by atoms with Gasteiger partial charge in [-0.1, -0.05) is 55.3 Å². The Kier molecular flexibility index (Phi) is 6.90. The van der Waals surface area contributed by atoms with E-state index < -0.39 is 5.54 Å². The van der Waals surface area contributed by atoms with Crippen molar-refractivity contribution < 1.29 is 9.53 Å². The summed E-state index contributed by atoms with van der Waals surface area (Å²) in [5.74, 6) is 0.714. The summed E-state index contributed by atoms with van der Waals surface area (Å²) in [5.41, 5.74) is 7.32. The number of rotatable bonds is 6. The first kappa shape index (κ1) is 21.3. The van der Waals surface area contributed by atoms with E-state index in [-0.39, 0.29) is 23.7 Å². The van der Waals surface area contributed by atoms with E-state index in [0.717, 1.165) is 24.2 Å². The summed E-state index contributed by atoms with van der Waals surface area (Å²) < 4.78 is 5.39. The minimum absolute atomic E-state index is 0. The van der Waals surface area contributed by atoms with E-state index in [4.69, 9.17) is 10.5 Å². The van der Waals surface area contributed by atoms with Crippen LogP contribution in [0.15, 0.2) is 54.6 Å². The van der Waals surface area contributed by atoms with Crippen molar-refractivity contribution in [1.29, 1.82) is 0 Å². The molecule has 2 aromatic carbocycles. The summed E-state index contributed by atoms with van der Waals surface area (Å²) in [7, 11) is 1.68. The van der Waals surface area contributed by atoms with E-state index >= 15 is 0 Å². The van der Waals surface area contributed by atoms with Crippen LogP contribution in [-0.2, 0) is 15.7 Å². The number of hydrogen-bond acceptors (Lipinski definition) is 3. The minimum atomic E-state index is -1.05. The lowest BCUT2D eigenvalue weighted by molar-refractivity contribution is -0.126. The molecule has 0 radical (unpaired) electrons. The lowest BCUT2D eigenvalue weighted by atomic mass is 9.78. The van der Waals surface area contributed by atoms with E-state index in [1.807, 2.05) is 42.5 Å². The molecule has 3 N–H and O–H groups in total. The van der Waals surface area contributed by atoms with Gasteiger partial charge in [0.2, 0.25) is 5.91 Å². The molecule has 0 saturated heterocycles. The predicted octanol–water partition coefficient (Wildman–Crippen LogP) is 3.92. The number of carbonyl (C=O) groups excluding carboxylic acids is 1. The predicted molar refractivity (Wildman–Crippen MR) is 111 cm³/mol. The second-order valence-corrected chi connectivity index (χ2v) is 7.47. The summed E-state index contributed by atoms with van der Waals surface area (Å²) in [5, 5.41) is 3.14. The summed E-state index contributed by atoms with van der Waals surface area (Å²) in [4.78, 5) is 12.9. The second kappa shape index (κ2) is 8.77. The van der Waals surface area contributed by atoms with Crippen molar-refractivity contribution in [2.75, 3.05) is 13.7 Å². The SMILES string of the molecule is COc1cccc(C2(CNC(=O)C(C)(N)c3ccccc3)CCCC2)c1.Cl. The third-order valence-corrected chi connectivity index (χ3v) is 5.68. The molecule has 0 spiro atoms. The number of benzene rings is 2. The zero-order valence-electron chi connectivity index (χ0n) is 16.0. The van der Waals surface area contributed by atoms with E-state index in [0.29, 0.717) is 6.54 Å². The summed E-state index contributed by atoms with van der Waals surface area (Å²) in [6, 6.07) is 17.7. The van der Waals surface area contributed by atoms with E-state index in [1.165, 1.54) is 18.4 Å². The maximum Gasteiger partial charge on any atom is 0.244 e. The van der Waals surface area contributed by atoms with Gasteiger partial charge in [-0.05, 0) is 43.0 Å². The smallest absolute Gasteiger partial charge is 0.244 e. The number of halogens is 1. The Morgan fingerprint density at radius 3 is 2.44 bits per heavy atom. The Morgan fingerprint density at radius 1 is 1.15 bits per heavy atom. The molecule has 0 aliphatic heterocycles. The van der Waals surface area contributed by atoms with Gasteiger partial charge in [0.15, 0.2) is 0 Å². The van der Waals surface area contributed by atoms with Gasteiger partial charge in [-0.2, -0.15) is 0 Å². The van der Waals surface area contributed by atoms with E-state index in [9.17, 15) is 4.79 Å². The fourth-order valence-electron chi connectivity index (χ4n) is 3.92. The average molecular weight is 389 g/mol. The molecule has 2 aromatic rings. The molecule has 1 unspecified atom stereocenters. The molecule has 0 aromatic heterocycles. The Labute approximate surface area is 167 Å². The topological polar surface area (TPSA) is 64.3 Å². The van der Waals surface area contributed by atoms with Gasteiger partial charge in [-0.15, -0.1) is 12.4 Å². The van der Waals surface area contributed by atoms with Crippen molar-refractivity contribution in [3.8, 4) is 5.75 Å². The third kappa shape index (κ3) is 4.45. The molecule has 5 heteroatoms. The lowest BCUT2D eigenvalue weighted by Gasteiger charge is -2.32. The number of methoxy groups -OCH3 is 1. The van der Waals surface area contributed by atoms with Crippen LogP contribution in [0.1, 0.15) is 43.7 Å².